The van der Waals surface area contributed by atoms with Crippen LogP contribution in [0.5, 0.6) is 0 Å². The molecule has 26 heavy (non-hydrogen) atoms. The smallest absolute Gasteiger partial charge is 0.229 e. The molecule has 5 nitrogen and oxygen atoms in total. The minimum absolute atomic E-state index is 0.0877. The van der Waals surface area contributed by atoms with Crippen molar-refractivity contribution in [1.82, 2.24) is 9.47 Å². The van der Waals surface area contributed by atoms with Crippen LogP contribution in [0.1, 0.15) is 23.7 Å². The van der Waals surface area contributed by atoms with Crippen molar-refractivity contribution in [2.24, 2.45) is 0 Å². The largest absolute Gasteiger partial charge is 0.383 e. The lowest BCUT2D eigenvalue weighted by Crippen LogP contribution is -2.12. The summed E-state index contributed by atoms with van der Waals surface area (Å²) in [5.74, 6) is -0.259. The van der Waals surface area contributed by atoms with Gasteiger partial charge in [0.15, 0.2) is 5.78 Å². The van der Waals surface area contributed by atoms with E-state index in [-0.39, 0.29) is 18.1 Å². The van der Waals surface area contributed by atoms with Gasteiger partial charge in [-0.1, -0.05) is 18.2 Å². The van der Waals surface area contributed by atoms with Crippen LogP contribution in [0, 0.1) is 0 Å². The summed E-state index contributed by atoms with van der Waals surface area (Å²) < 4.78 is 2.21. The highest BCUT2D eigenvalue weighted by Crippen LogP contribution is 2.35. The highest BCUT2D eigenvalue weighted by molar-refractivity contribution is 6.22. The van der Waals surface area contributed by atoms with Crippen molar-refractivity contribution in [3.63, 3.8) is 0 Å². The van der Waals surface area contributed by atoms with Crippen LogP contribution in [0.4, 0.5) is 5.69 Å². The number of aromatic nitrogens is 1. The van der Waals surface area contributed by atoms with Gasteiger partial charge in [0.25, 0.3) is 0 Å². The normalized spacial score (nSPS) is 16.0. The lowest BCUT2D eigenvalue weighted by atomic mass is 10.00. The SMILES string of the molecule is CCn1c2ccccc2c2cc3c(cc21)C(=O)/C(=C/N(C)C)CC(=O)N3. The molecule has 0 atom stereocenters. The number of carbonyl (C=O) groups is 2. The molecule has 2 heterocycles. The molecule has 0 fully saturated rings. The first-order valence-electron chi connectivity index (χ1n) is 8.76. The Morgan fingerprint density at radius 1 is 1.12 bits per heavy atom. The van der Waals surface area contributed by atoms with E-state index < -0.39 is 0 Å². The Balaban J connectivity index is 2.03. The van der Waals surface area contributed by atoms with Gasteiger partial charge in [-0.25, -0.2) is 0 Å². The van der Waals surface area contributed by atoms with Crippen LogP contribution in [-0.4, -0.2) is 35.3 Å². The number of amides is 1. The van der Waals surface area contributed by atoms with E-state index in [0.717, 1.165) is 28.4 Å². The maximum atomic E-state index is 13.1. The van der Waals surface area contributed by atoms with Gasteiger partial charge in [-0.2, -0.15) is 0 Å². The molecule has 3 aromatic rings. The van der Waals surface area contributed by atoms with Crippen LogP contribution in [-0.2, 0) is 11.3 Å². The number of ketones is 1. The maximum absolute atomic E-state index is 13.1. The summed E-state index contributed by atoms with van der Waals surface area (Å²) in [5, 5.41) is 5.09. The Kier molecular flexibility index (Phi) is 3.80. The summed E-state index contributed by atoms with van der Waals surface area (Å²) in [5.41, 5.74) is 3.79. The van der Waals surface area contributed by atoms with Crippen LogP contribution < -0.4 is 5.32 Å². The molecule has 0 radical (unpaired) electrons. The molecule has 0 unspecified atom stereocenters. The summed E-state index contributed by atoms with van der Waals surface area (Å²) in [4.78, 5) is 27.2. The van der Waals surface area contributed by atoms with Gasteiger partial charge >= 0.3 is 0 Å². The highest BCUT2D eigenvalue weighted by Gasteiger charge is 2.26. The van der Waals surface area contributed by atoms with Crippen LogP contribution in [0.3, 0.4) is 0 Å². The quantitative estimate of drug-likeness (QED) is 0.718. The van der Waals surface area contributed by atoms with E-state index in [1.165, 1.54) is 0 Å². The number of nitrogens with one attached hydrogen (secondary N) is 1. The van der Waals surface area contributed by atoms with Gasteiger partial charge in [-0.05, 0) is 25.1 Å². The van der Waals surface area contributed by atoms with Crippen LogP contribution in [0.15, 0.2) is 48.2 Å². The molecule has 5 heteroatoms. The van der Waals surface area contributed by atoms with E-state index >= 15 is 0 Å². The van der Waals surface area contributed by atoms with Gasteiger partial charge in [-0.3, -0.25) is 9.59 Å². The van der Waals surface area contributed by atoms with Gasteiger partial charge in [-0.15, -0.1) is 0 Å². The first-order valence-corrected chi connectivity index (χ1v) is 8.76. The van der Waals surface area contributed by atoms with Crippen molar-refractivity contribution >= 4 is 39.2 Å². The molecule has 0 saturated carbocycles. The number of nitrogens with zero attached hydrogens (tertiary/aromatic N) is 2. The minimum Gasteiger partial charge on any atom is -0.383 e. The lowest BCUT2D eigenvalue weighted by Gasteiger charge is -2.10. The number of aryl methyl sites for hydroxylation is 1. The summed E-state index contributed by atoms with van der Waals surface area (Å²) >= 11 is 0. The number of hydrogen-bond acceptors (Lipinski definition) is 3. The monoisotopic (exact) mass is 347 g/mol. The van der Waals surface area contributed by atoms with E-state index in [2.05, 4.69) is 28.9 Å². The third kappa shape index (κ3) is 2.47. The molecule has 132 valence electrons. The fourth-order valence-corrected chi connectivity index (χ4v) is 3.76. The number of hydrogen-bond donors (Lipinski definition) is 1. The number of fused-ring (bicyclic) bond motifs is 4. The van der Waals surface area contributed by atoms with Gasteiger partial charge in [0.1, 0.15) is 0 Å². The fourth-order valence-electron chi connectivity index (χ4n) is 3.76. The predicted octanol–water partition coefficient (Wildman–Crippen LogP) is 3.78. The second-order valence-electron chi connectivity index (χ2n) is 6.85. The van der Waals surface area contributed by atoms with Crippen molar-refractivity contribution in [1.29, 1.82) is 0 Å². The van der Waals surface area contributed by atoms with Crippen LogP contribution >= 0.6 is 0 Å². The van der Waals surface area contributed by atoms with Gasteiger partial charge < -0.3 is 14.8 Å². The number of rotatable bonds is 2. The van der Waals surface area contributed by atoms with Crippen molar-refractivity contribution in [3.8, 4) is 0 Å². The van der Waals surface area contributed by atoms with E-state index in [1.807, 2.05) is 38.4 Å². The van der Waals surface area contributed by atoms with Crippen LogP contribution in [0.25, 0.3) is 21.8 Å². The summed E-state index contributed by atoms with van der Waals surface area (Å²) in [6.07, 6.45) is 1.82. The topological polar surface area (TPSA) is 54.3 Å². The van der Waals surface area contributed by atoms with Crippen molar-refractivity contribution < 1.29 is 9.59 Å². The standard InChI is InChI=1S/C21H21N3O2/c1-4-24-18-8-6-5-7-14(18)15-10-17-16(11-19(15)24)21(26)13(12-23(2)3)9-20(25)22-17/h5-8,10-12H,4,9H2,1-3H3,(H,22,25)/b13-12+. The Morgan fingerprint density at radius 2 is 1.88 bits per heavy atom. The van der Waals surface area contributed by atoms with Crippen molar-refractivity contribution in [3.05, 3.63) is 53.7 Å². The van der Waals surface area contributed by atoms with E-state index in [4.69, 9.17) is 0 Å². The summed E-state index contributed by atoms with van der Waals surface area (Å²) in [7, 11) is 3.70. The molecule has 1 amide bonds. The second-order valence-corrected chi connectivity index (χ2v) is 6.85. The Bertz CT molecular complexity index is 1090. The molecular formula is C21H21N3O2. The highest BCUT2D eigenvalue weighted by atomic mass is 16.2. The average molecular weight is 347 g/mol. The molecule has 4 rings (SSSR count). The summed E-state index contributed by atoms with van der Waals surface area (Å²) in [6.45, 7) is 2.91. The zero-order valence-electron chi connectivity index (χ0n) is 15.2. The number of Topliss-reactive ketones (excluding diaryl/α,β-unsaturated/α-hetero) is 1. The molecule has 0 saturated heterocycles. The number of para-hydroxylation sites is 1. The first kappa shape index (κ1) is 16.4. The summed E-state index contributed by atoms with van der Waals surface area (Å²) in [6, 6.07) is 12.0. The minimum atomic E-state index is -0.163. The average Bonchev–Trinajstić information content (AvgIpc) is 2.86. The Morgan fingerprint density at radius 3 is 2.62 bits per heavy atom. The lowest BCUT2D eigenvalue weighted by molar-refractivity contribution is -0.115. The van der Waals surface area contributed by atoms with Gasteiger partial charge in [0, 0.05) is 59.8 Å². The van der Waals surface area contributed by atoms with E-state index in [0.29, 0.717) is 16.8 Å². The number of carbonyl (C=O) groups excluding carboxylic acids is 2. The third-order valence-electron chi connectivity index (χ3n) is 4.80. The second kappa shape index (κ2) is 6.02. The molecule has 1 N–H and O–H groups in total. The van der Waals surface area contributed by atoms with E-state index in [9.17, 15) is 9.59 Å². The maximum Gasteiger partial charge on any atom is 0.229 e. The zero-order valence-corrected chi connectivity index (χ0v) is 15.2. The number of anilines is 1. The molecule has 0 bridgehead atoms. The molecule has 2 aromatic carbocycles. The Hall–Kier alpha value is -3.08. The molecule has 1 aromatic heterocycles. The zero-order chi connectivity index (χ0) is 18.4. The van der Waals surface area contributed by atoms with Gasteiger partial charge in [0.05, 0.1) is 12.1 Å². The first-order chi connectivity index (χ1) is 12.5. The molecule has 0 aliphatic carbocycles. The molecular weight excluding hydrogens is 326 g/mol. The predicted molar refractivity (Wildman–Crippen MR) is 104 cm³/mol. The van der Waals surface area contributed by atoms with Gasteiger partial charge in [0.2, 0.25) is 5.91 Å². The fraction of sp³-hybridized carbons (Fsp3) is 0.238. The molecule has 1 aliphatic heterocycles. The number of benzene rings is 2. The molecule has 0 spiro atoms. The third-order valence-corrected chi connectivity index (χ3v) is 4.80. The van der Waals surface area contributed by atoms with Crippen molar-refractivity contribution in [2.75, 3.05) is 19.4 Å². The molecule has 1 aliphatic rings. The van der Waals surface area contributed by atoms with E-state index in [1.54, 1.807) is 11.1 Å². The van der Waals surface area contributed by atoms with Crippen LogP contribution in [0.2, 0.25) is 0 Å². The van der Waals surface area contributed by atoms with Crippen molar-refractivity contribution in [2.45, 2.75) is 19.9 Å². The Labute approximate surface area is 151 Å².